The first-order valence-electron chi connectivity index (χ1n) is 6.10. The van der Waals surface area contributed by atoms with Gasteiger partial charge in [0.05, 0.1) is 5.39 Å². The zero-order valence-electron chi connectivity index (χ0n) is 11.1. The molecule has 0 aliphatic rings. The van der Waals surface area contributed by atoms with E-state index in [1.807, 2.05) is 25.1 Å². The molecule has 0 fully saturated rings. The number of nitrogens with zero attached hydrogens (tertiary/aromatic N) is 2. The van der Waals surface area contributed by atoms with Crippen molar-refractivity contribution in [3.8, 4) is 0 Å². The molecule has 0 aliphatic heterocycles. The number of nitrogen functional groups attached to an aromatic ring is 1. The van der Waals surface area contributed by atoms with Gasteiger partial charge in [0.1, 0.15) is 10.6 Å². The van der Waals surface area contributed by atoms with Crippen LogP contribution in [0.5, 0.6) is 0 Å². The Balaban J connectivity index is 2.12. The molecule has 102 valence electrons. The number of halogens is 1. The lowest BCUT2D eigenvalue weighted by atomic mass is 10.2. The molecule has 1 aromatic carbocycles. The molecule has 0 saturated carbocycles. The van der Waals surface area contributed by atoms with E-state index in [0.717, 1.165) is 31.8 Å². The lowest BCUT2D eigenvalue weighted by Gasteiger charge is -2.11. The monoisotopic (exact) mass is 348 g/mol. The third-order valence-electron chi connectivity index (χ3n) is 3.05. The fourth-order valence-electron chi connectivity index (χ4n) is 2.02. The second-order valence-electron chi connectivity index (χ2n) is 4.54. The van der Waals surface area contributed by atoms with Gasteiger partial charge in [-0.05, 0) is 37.6 Å². The summed E-state index contributed by atoms with van der Waals surface area (Å²) in [6, 6.07) is 8.09. The van der Waals surface area contributed by atoms with Gasteiger partial charge in [0.25, 0.3) is 0 Å². The van der Waals surface area contributed by atoms with Gasteiger partial charge in [0.15, 0.2) is 0 Å². The molecule has 2 aromatic heterocycles. The first-order valence-corrected chi connectivity index (χ1v) is 7.71. The van der Waals surface area contributed by atoms with E-state index in [9.17, 15) is 0 Å². The molecular weight excluding hydrogens is 336 g/mol. The maximum Gasteiger partial charge on any atom is 0.223 e. The fraction of sp³-hybridized carbons (Fsp3) is 0.143. The molecule has 0 saturated heterocycles. The van der Waals surface area contributed by atoms with Crippen LogP contribution < -0.4 is 11.1 Å². The van der Waals surface area contributed by atoms with Crippen LogP contribution in [-0.2, 0) is 0 Å². The van der Waals surface area contributed by atoms with E-state index >= 15 is 0 Å². The Hall–Kier alpha value is -1.66. The third-order valence-corrected chi connectivity index (χ3v) is 4.86. The Kier molecular flexibility index (Phi) is 3.35. The number of benzene rings is 1. The number of aryl methyl sites for hydroxylation is 1. The van der Waals surface area contributed by atoms with Crippen LogP contribution in [0.3, 0.4) is 0 Å². The number of thiophene rings is 1. The SMILES string of the molecule is Cc1cc2c(Nc3cccc(Br)c3C)nc(N)nc2s1. The molecule has 0 unspecified atom stereocenters. The minimum atomic E-state index is 0.287. The molecule has 3 aromatic rings. The Bertz CT molecular complexity index is 797. The first kappa shape index (κ1) is 13.3. The zero-order valence-corrected chi connectivity index (χ0v) is 13.5. The minimum absolute atomic E-state index is 0.287. The van der Waals surface area contributed by atoms with E-state index in [1.54, 1.807) is 11.3 Å². The largest absolute Gasteiger partial charge is 0.368 e. The Morgan fingerprint density at radius 3 is 2.85 bits per heavy atom. The molecule has 0 radical (unpaired) electrons. The van der Waals surface area contributed by atoms with Crippen LogP contribution in [0, 0.1) is 13.8 Å². The molecule has 4 nitrogen and oxygen atoms in total. The summed E-state index contributed by atoms with van der Waals surface area (Å²) in [6.45, 7) is 4.10. The van der Waals surface area contributed by atoms with Crippen molar-refractivity contribution >= 4 is 54.9 Å². The quantitative estimate of drug-likeness (QED) is 0.720. The summed E-state index contributed by atoms with van der Waals surface area (Å²) >= 11 is 5.15. The molecule has 3 rings (SSSR count). The average Bonchev–Trinajstić information content (AvgIpc) is 2.75. The summed E-state index contributed by atoms with van der Waals surface area (Å²) in [6.07, 6.45) is 0. The standard InChI is InChI=1S/C14H13BrN4S/c1-7-6-9-12(18-14(16)19-13(9)20-7)17-11-5-3-4-10(15)8(11)2/h3-6H,1-2H3,(H3,16,17,18,19). The van der Waals surface area contributed by atoms with Crippen LogP contribution in [0.4, 0.5) is 17.5 Å². The van der Waals surface area contributed by atoms with Crippen LogP contribution in [0.2, 0.25) is 0 Å². The highest BCUT2D eigenvalue weighted by Gasteiger charge is 2.11. The summed E-state index contributed by atoms with van der Waals surface area (Å²) in [5.41, 5.74) is 7.92. The van der Waals surface area contributed by atoms with E-state index in [4.69, 9.17) is 5.73 Å². The molecule has 6 heteroatoms. The summed E-state index contributed by atoms with van der Waals surface area (Å²) in [5, 5.41) is 4.36. The van der Waals surface area contributed by atoms with Gasteiger partial charge >= 0.3 is 0 Å². The molecule has 3 N–H and O–H groups in total. The highest BCUT2D eigenvalue weighted by molar-refractivity contribution is 9.10. The Labute approximate surface area is 129 Å². The number of hydrogen-bond donors (Lipinski definition) is 2. The number of hydrogen-bond acceptors (Lipinski definition) is 5. The van der Waals surface area contributed by atoms with Gasteiger partial charge in [-0.1, -0.05) is 22.0 Å². The maximum atomic E-state index is 5.79. The number of anilines is 3. The van der Waals surface area contributed by atoms with Crippen LogP contribution >= 0.6 is 27.3 Å². The maximum absolute atomic E-state index is 5.79. The summed E-state index contributed by atoms with van der Waals surface area (Å²) in [4.78, 5) is 10.7. The van der Waals surface area contributed by atoms with Gasteiger partial charge < -0.3 is 11.1 Å². The molecule has 20 heavy (non-hydrogen) atoms. The molecule has 0 spiro atoms. The molecule has 0 aliphatic carbocycles. The molecular formula is C14H13BrN4S. The number of aromatic nitrogens is 2. The van der Waals surface area contributed by atoms with E-state index in [2.05, 4.69) is 44.2 Å². The highest BCUT2D eigenvalue weighted by atomic mass is 79.9. The summed E-state index contributed by atoms with van der Waals surface area (Å²) in [7, 11) is 0. The third kappa shape index (κ3) is 2.36. The summed E-state index contributed by atoms with van der Waals surface area (Å²) in [5.74, 6) is 1.03. The smallest absolute Gasteiger partial charge is 0.223 e. The molecule has 0 amide bonds. The molecule has 0 bridgehead atoms. The predicted molar refractivity (Wildman–Crippen MR) is 88.7 cm³/mol. The van der Waals surface area contributed by atoms with Crippen LogP contribution in [0.1, 0.15) is 10.4 Å². The zero-order chi connectivity index (χ0) is 14.3. The van der Waals surface area contributed by atoms with Gasteiger partial charge in [-0.15, -0.1) is 11.3 Å². The first-order chi connectivity index (χ1) is 9.54. The van der Waals surface area contributed by atoms with Gasteiger partial charge in [-0.3, -0.25) is 0 Å². The normalized spacial score (nSPS) is 10.9. The van der Waals surface area contributed by atoms with Crippen molar-refractivity contribution in [2.45, 2.75) is 13.8 Å². The topological polar surface area (TPSA) is 63.8 Å². The van der Waals surface area contributed by atoms with Crippen LogP contribution in [0.25, 0.3) is 10.2 Å². The van der Waals surface area contributed by atoms with Crippen molar-refractivity contribution in [1.82, 2.24) is 9.97 Å². The molecule has 0 atom stereocenters. The van der Waals surface area contributed by atoms with Gasteiger partial charge in [0.2, 0.25) is 5.95 Å². The van der Waals surface area contributed by atoms with E-state index in [-0.39, 0.29) is 5.95 Å². The number of fused-ring (bicyclic) bond motifs is 1. The number of rotatable bonds is 2. The second-order valence-corrected chi connectivity index (χ2v) is 6.63. The Morgan fingerprint density at radius 1 is 1.25 bits per heavy atom. The van der Waals surface area contributed by atoms with Crippen LogP contribution in [-0.4, -0.2) is 9.97 Å². The summed E-state index contributed by atoms with van der Waals surface area (Å²) < 4.78 is 1.06. The van der Waals surface area contributed by atoms with E-state index in [0.29, 0.717) is 0 Å². The van der Waals surface area contributed by atoms with Crippen molar-refractivity contribution in [1.29, 1.82) is 0 Å². The van der Waals surface area contributed by atoms with Crippen molar-refractivity contribution in [2.75, 3.05) is 11.1 Å². The highest BCUT2D eigenvalue weighted by Crippen LogP contribution is 2.32. The van der Waals surface area contributed by atoms with Crippen molar-refractivity contribution in [3.63, 3.8) is 0 Å². The van der Waals surface area contributed by atoms with Crippen LogP contribution in [0.15, 0.2) is 28.7 Å². The minimum Gasteiger partial charge on any atom is -0.368 e. The average molecular weight is 349 g/mol. The van der Waals surface area contributed by atoms with Crippen molar-refractivity contribution in [2.24, 2.45) is 0 Å². The second kappa shape index (κ2) is 5.03. The van der Waals surface area contributed by atoms with Crippen molar-refractivity contribution < 1.29 is 0 Å². The Morgan fingerprint density at radius 2 is 2.05 bits per heavy atom. The van der Waals surface area contributed by atoms with Gasteiger partial charge in [0, 0.05) is 15.0 Å². The van der Waals surface area contributed by atoms with E-state index < -0.39 is 0 Å². The number of nitrogens with one attached hydrogen (secondary N) is 1. The lowest BCUT2D eigenvalue weighted by molar-refractivity contribution is 1.24. The lowest BCUT2D eigenvalue weighted by Crippen LogP contribution is -2.01. The molecule has 2 heterocycles. The fourth-order valence-corrected chi connectivity index (χ4v) is 3.28. The number of nitrogens with two attached hydrogens (primary N) is 1. The predicted octanol–water partition coefficient (Wildman–Crippen LogP) is 4.40. The van der Waals surface area contributed by atoms with E-state index in [1.165, 1.54) is 4.88 Å². The van der Waals surface area contributed by atoms with Crippen molar-refractivity contribution in [3.05, 3.63) is 39.2 Å². The van der Waals surface area contributed by atoms with Gasteiger partial charge in [-0.25, -0.2) is 4.98 Å². The van der Waals surface area contributed by atoms with Gasteiger partial charge in [-0.2, -0.15) is 4.98 Å².